The van der Waals surface area contributed by atoms with Gasteiger partial charge in [0.15, 0.2) is 0 Å². The number of benzene rings is 1. The zero-order valence-electron chi connectivity index (χ0n) is 9.87. The molecule has 3 nitrogen and oxygen atoms in total. The summed E-state index contributed by atoms with van der Waals surface area (Å²) in [6.07, 6.45) is -2.64. The molecule has 0 saturated heterocycles. The maximum Gasteiger partial charge on any atom is 0.255 e. The monoisotopic (exact) mass is 277 g/mol. The number of aliphatic hydroxyl groups excluding tert-OH is 1. The Morgan fingerprint density at radius 3 is 2.61 bits per heavy atom. The van der Waals surface area contributed by atoms with Crippen molar-refractivity contribution in [3.05, 3.63) is 34.3 Å². The molecule has 100 valence electrons. The van der Waals surface area contributed by atoms with Gasteiger partial charge in [0.05, 0.1) is 13.2 Å². The molecular weight excluding hydrogens is 264 g/mol. The number of halogens is 3. The molecule has 0 radical (unpaired) electrons. The molecule has 0 saturated carbocycles. The average Bonchev–Trinajstić information content (AvgIpc) is 2.25. The first kappa shape index (κ1) is 14.9. The number of alkyl halides is 2. The lowest BCUT2D eigenvalue weighted by atomic mass is 10.1. The molecule has 1 N–H and O–H groups in total. The molecule has 0 aliphatic rings. The summed E-state index contributed by atoms with van der Waals surface area (Å²) in [5.74, 6) is -0.560. The van der Waals surface area contributed by atoms with Crippen molar-refractivity contribution >= 4 is 17.5 Å². The highest BCUT2D eigenvalue weighted by Crippen LogP contribution is 2.16. The van der Waals surface area contributed by atoms with E-state index in [9.17, 15) is 13.6 Å². The van der Waals surface area contributed by atoms with E-state index in [4.69, 9.17) is 16.7 Å². The minimum absolute atomic E-state index is 0.130. The minimum atomic E-state index is -2.64. The maximum absolute atomic E-state index is 12.3. The number of carbonyl (C=O) groups is 1. The van der Waals surface area contributed by atoms with Crippen LogP contribution >= 0.6 is 11.6 Å². The van der Waals surface area contributed by atoms with Gasteiger partial charge in [-0.25, -0.2) is 8.78 Å². The molecule has 1 aromatic carbocycles. The van der Waals surface area contributed by atoms with Gasteiger partial charge in [0.2, 0.25) is 0 Å². The van der Waals surface area contributed by atoms with Crippen molar-refractivity contribution in [1.29, 1.82) is 0 Å². The van der Waals surface area contributed by atoms with Gasteiger partial charge in [-0.05, 0) is 30.7 Å². The molecule has 0 aromatic heterocycles. The number of nitrogens with zero attached hydrogens (tertiary/aromatic N) is 1. The molecule has 0 fully saturated rings. The van der Waals surface area contributed by atoms with E-state index in [1.165, 1.54) is 6.07 Å². The zero-order chi connectivity index (χ0) is 13.7. The van der Waals surface area contributed by atoms with Crippen molar-refractivity contribution in [2.45, 2.75) is 13.3 Å². The Morgan fingerprint density at radius 2 is 2.11 bits per heavy atom. The third-order valence-corrected chi connectivity index (χ3v) is 2.52. The van der Waals surface area contributed by atoms with E-state index >= 15 is 0 Å². The van der Waals surface area contributed by atoms with Crippen molar-refractivity contribution < 1.29 is 18.7 Å². The van der Waals surface area contributed by atoms with Crippen LogP contribution in [0, 0.1) is 6.92 Å². The van der Waals surface area contributed by atoms with Crippen LogP contribution in [-0.4, -0.2) is 42.0 Å². The van der Waals surface area contributed by atoms with E-state index in [-0.39, 0.29) is 18.7 Å². The van der Waals surface area contributed by atoms with Gasteiger partial charge in [-0.1, -0.05) is 11.6 Å². The summed E-state index contributed by atoms with van der Waals surface area (Å²) < 4.78 is 24.7. The predicted molar refractivity (Wildman–Crippen MR) is 65.2 cm³/mol. The van der Waals surface area contributed by atoms with Gasteiger partial charge >= 0.3 is 0 Å². The molecule has 6 heteroatoms. The molecule has 0 aliphatic carbocycles. The first-order valence-corrected chi connectivity index (χ1v) is 5.77. The van der Waals surface area contributed by atoms with Crippen LogP contribution in [0.15, 0.2) is 18.2 Å². The molecule has 1 amide bonds. The molecule has 1 rings (SSSR count). The van der Waals surface area contributed by atoms with Crippen molar-refractivity contribution in [1.82, 2.24) is 4.90 Å². The van der Waals surface area contributed by atoms with Gasteiger partial charge in [0.25, 0.3) is 12.3 Å². The molecule has 18 heavy (non-hydrogen) atoms. The first-order chi connectivity index (χ1) is 8.43. The lowest BCUT2D eigenvalue weighted by Gasteiger charge is -2.21. The molecule has 0 aliphatic heterocycles. The lowest BCUT2D eigenvalue weighted by Crippen LogP contribution is -2.37. The molecule has 0 bridgehead atoms. The second-order valence-electron chi connectivity index (χ2n) is 3.88. The lowest BCUT2D eigenvalue weighted by molar-refractivity contribution is 0.0509. The van der Waals surface area contributed by atoms with Gasteiger partial charge in [-0.3, -0.25) is 4.79 Å². The second kappa shape index (κ2) is 6.66. The number of aryl methyl sites for hydroxylation is 1. The second-order valence-corrected chi connectivity index (χ2v) is 4.32. The van der Waals surface area contributed by atoms with Crippen LogP contribution in [-0.2, 0) is 0 Å². The SMILES string of the molecule is Cc1cc(Cl)cc(C(=O)N(CCO)CC(F)F)c1. The highest BCUT2D eigenvalue weighted by atomic mass is 35.5. The molecule has 0 unspecified atom stereocenters. The summed E-state index contributed by atoms with van der Waals surface area (Å²) in [6, 6.07) is 4.67. The third-order valence-electron chi connectivity index (χ3n) is 2.30. The zero-order valence-corrected chi connectivity index (χ0v) is 10.6. The van der Waals surface area contributed by atoms with E-state index in [1.54, 1.807) is 19.1 Å². The third kappa shape index (κ3) is 4.23. The number of aliphatic hydroxyl groups is 1. The number of carbonyl (C=O) groups excluding carboxylic acids is 1. The van der Waals surface area contributed by atoms with E-state index in [0.29, 0.717) is 5.02 Å². The van der Waals surface area contributed by atoms with E-state index < -0.39 is 18.9 Å². The Hall–Kier alpha value is -1.20. The summed E-state index contributed by atoms with van der Waals surface area (Å²) in [6.45, 7) is 0.559. The van der Waals surface area contributed by atoms with Crippen LogP contribution in [0.4, 0.5) is 8.78 Å². The molecule has 0 spiro atoms. The predicted octanol–water partition coefficient (Wildman–Crippen LogP) is 2.35. The Kier molecular flexibility index (Phi) is 5.50. The largest absolute Gasteiger partial charge is 0.395 e. The molecule has 0 atom stereocenters. The van der Waals surface area contributed by atoms with Crippen LogP contribution in [0.3, 0.4) is 0 Å². The topological polar surface area (TPSA) is 40.5 Å². The van der Waals surface area contributed by atoms with Crippen molar-refractivity contribution in [2.24, 2.45) is 0 Å². The fraction of sp³-hybridized carbons (Fsp3) is 0.417. The number of amides is 1. The Bertz CT molecular complexity index is 406. The van der Waals surface area contributed by atoms with E-state index in [1.807, 2.05) is 0 Å². The highest BCUT2D eigenvalue weighted by molar-refractivity contribution is 6.31. The van der Waals surface area contributed by atoms with Crippen LogP contribution in [0.25, 0.3) is 0 Å². The van der Waals surface area contributed by atoms with Crippen LogP contribution in [0.2, 0.25) is 5.02 Å². The summed E-state index contributed by atoms with van der Waals surface area (Å²) in [5, 5.41) is 9.16. The number of rotatable bonds is 5. The van der Waals surface area contributed by atoms with Gasteiger partial charge in [0, 0.05) is 17.1 Å². The number of hydrogen-bond acceptors (Lipinski definition) is 2. The number of hydrogen-bond donors (Lipinski definition) is 1. The van der Waals surface area contributed by atoms with Crippen LogP contribution < -0.4 is 0 Å². The van der Waals surface area contributed by atoms with Gasteiger partial charge in [-0.2, -0.15) is 0 Å². The molecular formula is C12H14ClF2NO2. The first-order valence-electron chi connectivity index (χ1n) is 5.39. The molecule has 1 aromatic rings. The van der Waals surface area contributed by atoms with Crippen molar-refractivity contribution in [3.63, 3.8) is 0 Å². The van der Waals surface area contributed by atoms with Crippen LogP contribution in [0.1, 0.15) is 15.9 Å². The van der Waals surface area contributed by atoms with E-state index in [2.05, 4.69) is 0 Å². The van der Waals surface area contributed by atoms with Crippen LogP contribution in [0.5, 0.6) is 0 Å². The summed E-state index contributed by atoms with van der Waals surface area (Å²) >= 11 is 5.81. The average molecular weight is 278 g/mol. The molecule has 0 heterocycles. The van der Waals surface area contributed by atoms with Gasteiger partial charge in [0.1, 0.15) is 0 Å². The smallest absolute Gasteiger partial charge is 0.255 e. The summed E-state index contributed by atoms with van der Waals surface area (Å²) in [4.78, 5) is 12.9. The Labute approximate surface area is 109 Å². The minimum Gasteiger partial charge on any atom is -0.395 e. The Balaban J connectivity index is 2.93. The van der Waals surface area contributed by atoms with Crippen molar-refractivity contribution in [2.75, 3.05) is 19.7 Å². The standard InChI is InChI=1S/C12H14ClF2NO2/c1-8-4-9(6-10(13)5-8)12(18)16(2-3-17)7-11(14)15/h4-6,11,17H,2-3,7H2,1H3. The van der Waals surface area contributed by atoms with Gasteiger partial charge < -0.3 is 10.0 Å². The fourth-order valence-electron chi connectivity index (χ4n) is 1.61. The summed E-state index contributed by atoms with van der Waals surface area (Å²) in [5.41, 5.74) is 1.01. The van der Waals surface area contributed by atoms with Gasteiger partial charge in [-0.15, -0.1) is 0 Å². The summed E-state index contributed by atoms with van der Waals surface area (Å²) in [7, 11) is 0. The fourth-order valence-corrected chi connectivity index (χ4v) is 1.90. The quantitative estimate of drug-likeness (QED) is 0.897. The Morgan fingerprint density at radius 1 is 1.44 bits per heavy atom. The van der Waals surface area contributed by atoms with E-state index in [0.717, 1.165) is 10.5 Å². The highest BCUT2D eigenvalue weighted by Gasteiger charge is 2.19. The maximum atomic E-state index is 12.3. The van der Waals surface area contributed by atoms with Crippen molar-refractivity contribution in [3.8, 4) is 0 Å². The normalized spacial score (nSPS) is 10.8.